The Morgan fingerprint density at radius 1 is 1.00 bits per heavy atom. The van der Waals surface area contributed by atoms with Gasteiger partial charge in [-0.05, 0) is 32.9 Å². The molecule has 0 bridgehead atoms. The van der Waals surface area contributed by atoms with Gasteiger partial charge in [-0.2, -0.15) is 0 Å². The van der Waals surface area contributed by atoms with Gasteiger partial charge in [0.2, 0.25) is 5.91 Å². The number of piperazine rings is 1. The zero-order valence-electron chi connectivity index (χ0n) is 17.1. The molecule has 7 heteroatoms. The van der Waals surface area contributed by atoms with Gasteiger partial charge in [0.25, 0.3) is 5.91 Å². The number of aryl methyl sites for hydroxylation is 1. The number of nitrogens with zero attached hydrogens (tertiary/aromatic N) is 4. The molecule has 3 heterocycles. The van der Waals surface area contributed by atoms with E-state index in [2.05, 4.69) is 10.1 Å². The van der Waals surface area contributed by atoms with Crippen LogP contribution in [0.1, 0.15) is 61.8 Å². The van der Waals surface area contributed by atoms with E-state index >= 15 is 0 Å². The van der Waals surface area contributed by atoms with Crippen molar-refractivity contribution in [1.29, 1.82) is 0 Å². The van der Waals surface area contributed by atoms with Crippen molar-refractivity contribution >= 4 is 11.8 Å². The standard InChI is InChI=1S/C20H32N4O3/c1-15-17(18(21-27-15)20(2,3)4)19(26)24-13-11-23(12-14-24)16(25)7-10-22-8-5-6-9-22/h5-14H2,1-4H3. The second-order valence-corrected chi connectivity index (χ2v) is 8.68. The van der Waals surface area contributed by atoms with Crippen molar-refractivity contribution < 1.29 is 14.1 Å². The minimum Gasteiger partial charge on any atom is -0.361 e. The summed E-state index contributed by atoms with van der Waals surface area (Å²) < 4.78 is 5.31. The number of amides is 2. The highest BCUT2D eigenvalue weighted by atomic mass is 16.5. The molecule has 0 aromatic carbocycles. The van der Waals surface area contributed by atoms with Crippen molar-refractivity contribution in [1.82, 2.24) is 19.9 Å². The molecule has 0 atom stereocenters. The van der Waals surface area contributed by atoms with Crippen LogP contribution in [0.25, 0.3) is 0 Å². The summed E-state index contributed by atoms with van der Waals surface area (Å²) >= 11 is 0. The Morgan fingerprint density at radius 2 is 1.59 bits per heavy atom. The Morgan fingerprint density at radius 3 is 2.19 bits per heavy atom. The van der Waals surface area contributed by atoms with E-state index in [-0.39, 0.29) is 17.2 Å². The average molecular weight is 377 g/mol. The maximum Gasteiger partial charge on any atom is 0.259 e. The molecule has 27 heavy (non-hydrogen) atoms. The summed E-state index contributed by atoms with van der Waals surface area (Å²) in [5.74, 6) is 0.724. The molecule has 1 aromatic rings. The summed E-state index contributed by atoms with van der Waals surface area (Å²) in [6.07, 6.45) is 3.06. The molecule has 0 N–H and O–H groups in total. The van der Waals surface area contributed by atoms with Crippen molar-refractivity contribution in [3.05, 3.63) is 17.0 Å². The van der Waals surface area contributed by atoms with Crippen LogP contribution in [0.5, 0.6) is 0 Å². The van der Waals surface area contributed by atoms with E-state index in [4.69, 9.17) is 4.52 Å². The minimum atomic E-state index is -0.254. The maximum atomic E-state index is 13.0. The molecule has 2 aliphatic heterocycles. The Balaban J connectivity index is 1.55. The topological polar surface area (TPSA) is 69.9 Å². The lowest BCUT2D eigenvalue weighted by Crippen LogP contribution is -2.51. The average Bonchev–Trinajstić information content (AvgIpc) is 3.28. The van der Waals surface area contributed by atoms with Gasteiger partial charge in [-0.25, -0.2) is 0 Å². The van der Waals surface area contributed by atoms with Crippen LogP contribution in [0.3, 0.4) is 0 Å². The lowest BCUT2D eigenvalue weighted by Gasteiger charge is -2.35. The van der Waals surface area contributed by atoms with Crippen molar-refractivity contribution in [3.8, 4) is 0 Å². The van der Waals surface area contributed by atoms with Crippen LogP contribution in [0, 0.1) is 6.92 Å². The fraction of sp³-hybridized carbons (Fsp3) is 0.750. The van der Waals surface area contributed by atoms with Crippen LogP contribution in [-0.2, 0) is 10.2 Å². The molecular weight excluding hydrogens is 344 g/mol. The van der Waals surface area contributed by atoms with Gasteiger partial charge < -0.3 is 19.2 Å². The van der Waals surface area contributed by atoms with Gasteiger partial charge in [0.05, 0.1) is 0 Å². The molecular formula is C20H32N4O3. The monoisotopic (exact) mass is 376 g/mol. The fourth-order valence-electron chi connectivity index (χ4n) is 3.87. The van der Waals surface area contributed by atoms with Crippen molar-refractivity contribution in [2.75, 3.05) is 45.8 Å². The SMILES string of the molecule is Cc1onc(C(C)(C)C)c1C(=O)N1CCN(C(=O)CCN2CCCC2)CC1. The predicted octanol–water partition coefficient (Wildman–Crippen LogP) is 2.05. The normalized spacial score (nSPS) is 19.0. The van der Waals surface area contributed by atoms with E-state index in [9.17, 15) is 9.59 Å². The molecule has 0 radical (unpaired) electrons. The third-order valence-electron chi connectivity index (χ3n) is 5.55. The van der Waals surface area contributed by atoms with Gasteiger partial charge in [0.15, 0.2) is 0 Å². The molecule has 0 spiro atoms. The van der Waals surface area contributed by atoms with Crippen LogP contribution in [0.15, 0.2) is 4.52 Å². The molecule has 0 aliphatic carbocycles. The van der Waals surface area contributed by atoms with E-state index in [0.29, 0.717) is 49.6 Å². The minimum absolute atomic E-state index is 0.0390. The first kappa shape index (κ1) is 19.9. The first-order valence-electron chi connectivity index (χ1n) is 10.0. The van der Waals surface area contributed by atoms with Gasteiger partial charge in [0.1, 0.15) is 17.0 Å². The zero-order chi connectivity index (χ0) is 19.6. The summed E-state index contributed by atoms with van der Waals surface area (Å²) in [5.41, 5.74) is 1.03. The molecule has 7 nitrogen and oxygen atoms in total. The van der Waals surface area contributed by atoms with Gasteiger partial charge in [-0.3, -0.25) is 9.59 Å². The molecule has 2 fully saturated rings. The first-order chi connectivity index (χ1) is 12.8. The van der Waals surface area contributed by atoms with Gasteiger partial charge >= 0.3 is 0 Å². The lowest BCUT2D eigenvalue weighted by molar-refractivity contribution is -0.133. The van der Waals surface area contributed by atoms with E-state index in [1.165, 1.54) is 12.8 Å². The van der Waals surface area contributed by atoms with Gasteiger partial charge in [-0.15, -0.1) is 0 Å². The number of hydrogen-bond donors (Lipinski definition) is 0. The van der Waals surface area contributed by atoms with Crippen LogP contribution in [0.4, 0.5) is 0 Å². The maximum absolute atomic E-state index is 13.0. The summed E-state index contributed by atoms with van der Waals surface area (Å²) in [5, 5.41) is 4.12. The smallest absolute Gasteiger partial charge is 0.259 e. The summed E-state index contributed by atoms with van der Waals surface area (Å²) in [6, 6.07) is 0. The van der Waals surface area contributed by atoms with Crippen molar-refractivity contribution in [2.45, 2.75) is 52.4 Å². The van der Waals surface area contributed by atoms with Crippen molar-refractivity contribution in [2.24, 2.45) is 0 Å². The highest BCUT2D eigenvalue weighted by Gasteiger charge is 2.33. The molecule has 150 valence electrons. The van der Waals surface area contributed by atoms with Gasteiger partial charge in [0, 0.05) is 44.6 Å². The fourth-order valence-corrected chi connectivity index (χ4v) is 3.87. The molecule has 0 unspecified atom stereocenters. The molecule has 0 saturated carbocycles. The van der Waals surface area contributed by atoms with E-state index in [0.717, 1.165) is 19.6 Å². The predicted molar refractivity (Wildman–Crippen MR) is 103 cm³/mol. The number of hydrogen-bond acceptors (Lipinski definition) is 5. The van der Waals surface area contributed by atoms with Crippen LogP contribution >= 0.6 is 0 Å². The summed E-state index contributed by atoms with van der Waals surface area (Å²) in [4.78, 5) is 31.6. The number of carbonyl (C=O) groups excluding carboxylic acids is 2. The quantitative estimate of drug-likeness (QED) is 0.804. The molecule has 2 amide bonds. The third-order valence-corrected chi connectivity index (χ3v) is 5.55. The van der Waals surface area contributed by atoms with E-state index in [1.54, 1.807) is 6.92 Å². The Hall–Kier alpha value is -1.89. The highest BCUT2D eigenvalue weighted by Crippen LogP contribution is 2.28. The lowest BCUT2D eigenvalue weighted by atomic mass is 9.88. The molecule has 3 rings (SSSR count). The van der Waals surface area contributed by atoms with Crippen LogP contribution < -0.4 is 0 Å². The Labute approximate surface area is 161 Å². The molecule has 2 saturated heterocycles. The summed E-state index contributed by atoms with van der Waals surface area (Å²) in [7, 11) is 0. The number of likely N-dealkylation sites (tertiary alicyclic amines) is 1. The van der Waals surface area contributed by atoms with Gasteiger partial charge in [-0.1, -0.05) is 25.9 Å². The number of aromatic nitrogens is 1. The number of carbonyl (C=O) groups is 2. The van der Waals surface area contributed by atoms with Crippen LogP contribution in [0.2, 0.25) is 0 Å². The number of rotatable bonds is 4. The third kappa shape index (κ3) is 4.51. The van der Waals surface area contributed by atoms with E-state index in [1.807, 2.05) is 30.6 Å². The largest absolute Gasteiger partial charge is 0.361 e. The Bertz CT molecular complexity index is 678. The first-order valence-corrected chi connectivity index (χ1v) is 10.0. The highest BCUT2D eigenvalue weighted by molar-refractivity contribution is 5.96. The zero-order valence-corrected chi connectivity index (χ0v) is 17.1. The Kier molecular flexibility index (Phi) is 5.89. The van der Waals surface area contributed by atoms with E-state index < -0.39 is 0 Å². The molecule has 1 aromatic heterocycles. The second kappa shape index (κ2) is 8.00. The van der Waals surface area contributed by atoms with Crippen molar-refractivity contribution in [3.63, 3.8) is 0 Å². The second-order valence-electron chi connectivity index (χ2n) is 8.68. The summed E-state index contributed by atoms with van der Waals surface area (Å²) in [6.45, 7) is 13.3. The van der Waals surface area contributed by atoms with Crippen LogP contribution in [-0.4, -0.2) is 77.5 Å². The molecule has 2 aliphatic rings.